The van der Waals surface area contributed by atoms with Gasteiger partial charge in [0, 0.05) is 23.4 Å². The average molecular weight is 476 g/mol. The molecule has 0 atom stereocenters. The van der Waals surface area contributed by atoms with Crippen LogP contribution in [0.25, 0.3) is 0 Å². The van der Waals surface area contributed by atoms with Gasteiger partial charge >= 0.3 is 5.69 Å². The van der Waals surface area contributed by atoms with Gasteiger partial charge in [0.05, 0.1) is 13.2 Å². The summed E-state index contributed by atoms with van der Waals surface area (Å²) in [6.07, 6.45) is 4.92. The molecule has 0 N–H and O–H groups in total. The Bertz CT molecular complexity index is 1270. The standard InChI is InChI=1S/C28H33N3O4/c1-21-22(2)30(28(34)31(26(21)32)27(33)24-10-5-3-6-11-24)20-23-12-14-25(15-13-23)35-19-9-18-29-16-7-4-8-17-29/h3,5-6,10-15H,4,7-9,16-20H2,1-2H3. The second-order valence-electron chi connectivity index (χ2n) is 9.14. The number of carbonyl (C=O) groups excluding carboxylic acids is 1. The molecule has 0 amide bonds. The fourth-order valence-electron chi connectivity index (χ4n) is 4.49. The largest absolute Gasteiger partial charge is 0.494 e. The summed E-state index contributed by atoms with van der Waals surface area (Å²) < 4.78 is 8.11. The van der Waals surface area contributed by atoms with E-state index in [1.807, 2.05) is 24.3 Å². The number of rotatable bonds is 8. The third-order valence-electron chi connectivity index (χ3n) is 6.72. The lowest BCUT2D eigenvalue weighted by Gasteiger charge is -2.26. The van der Waals surface area contributed by atoms with E-state index in [1.165, 1.54) is 36.9 Å². The number of piperidine rings is 1. The molecule has 2 heterocycles. The Balaban J connectivity index is 1.46. The lowest BCUT2D eigenvalue weighted by Crippen LogP contribution is -2.46. The van der Waals surface area contributed by atoms with Gasteiger partial charge in [0.2, 0.25) is 0 Å². The van der Waals surface area contributed by atoms with Crippen molar-refractivity contribution in [1.82, 2.24) is 14.0 Å². The molecular weight excluding hydrogens is 442 g/mol. The number of nitrogens with zero attached hydrogens (tertiary/aromatic N) is 3. The second-order valence-corrected chi connectivity index (χ2v) is 9.14. The zero-order valence-corrected chi connectivity index (χ0v) is 20.5. The summed E-state index contributed by atoms with van der Waals surface area (Å²) in [5.74, 6) is 0.169. The molecule has 0 unspecified atom stereocenters. The van der Waals surface area contributed by atoms with Crippen LogP contribution in [0.5, 0.6) is 5.75 Å². The molecule has 1 fully saturated rings. The van der Waals surface area contributed by atoms with E-state index in [0.717, 1.165) is 28.8 Å². The number of likely N-dealkylation sites (tertiary alicyclic amines) is 1. The number of hydrogen-bond donors (Lipinski definition) is 0. The molecule has 1 aliphatic heterocycles. The Morgan fingerprint density at radius 3 is 2.29 bits per heavy atom. The van der Waals surface area contributed by atoms with Crippen LogP contribution in [0.2, 0.25) is 0 Å². The number of ether oxygens (including phenoxy) is 1. The van der Waals surface area contributed by atoms with Gasteiger partial charge in [-0.3, -0.25) is 14.2 Å². The topological polar surface area (TPSA) is 73.5 Å². The van der Waals surface area contributed by atoms with Gasteiger partial charge in [0.25, 0.3) is 11.5 Å². The third kappa shape index (κ3) is 5.80. The van der Waals surface area contributed by atoms with E-state index in [4.69, 9.17) is 4.74 Å². The Hall–Kier alpha value is -3.45. The average Bonchev–Trinajstić information content (AvgIpc) is 2.90. The van der Waals surface area contributed by atoms with Crippen LogP contribution < -0.4 is 16.0 Å². The molecule has 2 aromatic carbocycles. The summed E-state index contributed by atoms with van der Waals surface area (Å²) in [6, 6.07) is 16.0. The monoisotopic (exact) mass is 475 g/mol. The van der Waals surface area contributed by atoms with Crippen LogP contribution in [0, 0.1) is 13.8 Å². The maximum absolute atomic E-state index is 13.2. The minimum absolute atomic E-state index is 0.253. The first-order chi connectivity index (χ1) is 17.0. The van der Waals surface area contributed by atoms with Gasteiger partial charge < -0.3 is 9.64 Å². The normalized spacial score (nSPS) is 14.1. The number of benzene rings is 2. The van der Waals surface area contributed by atoms with Gasteiger partial charge in [-0.05, 0) is 76.0 Å². The molecular formula is C28H33N3O4. The quantitative estimate of drug-likeness (QED) is 0.466. The van der Waals surface area contributed by atoms with Crippen molar-refractivity contribution in [3.8, 4) is 5.75 Å². The molecule has 0 spiro atoms. The maximum atomic E-state index is 13.2. The van der Waals surface area contributed by atoms with E-state index in [9.17, 15) is 14.4 Å². The van der Waals surface area contributed by atoms with Gasteiger partial charge in [-0.25, -0.2) is 4.79 Å². The van der Waals surface area contributed by atoms with E-state index in [-0.39, 0.29) is 6.54 Å². The van der Waals surface area contributed by atoms with Crippen molar-refractivity contribution < 1.29 is 9.53 Å². The Labute approximate surface area is 205 Å². The highest BCUT2D eigenvalue weighted by Gasteiger charge is 2.20. The summed E-state index contributed by atoms with van der Waals surface area (Å²) in [4.78, 5) is 41.5. The summed E-state index contributed by atoms with van der Waals surface area (Å²) in [5, 5.41) is 0. The molecule has 7 nitrogen and oxygen atoms in total. The van der Waals surface area contributed by atoms with Crippen LogP contribution in [-0.4, -0.2) is 46.2 Å². The van der Waals surface area contributed by atoms with Crippen molar-refractivity contribution >= 4 is 5.91 Å². The minimum Gasteiger partial charge on any atom is -0.494 e. The molecule has 0 radical (unpaired) electrons. The van der Waals surface area contributed by atoms with Gasteiger partial charge in [-0.2, -0.15) is 4.57 Å². The third-order valence-corrected chi connectivity index (χ3v) is 6.72. The van der Waals surface area contributed by atoms with Gasteiger partial charge in [-0.1, -0.05) is 36.8 Å². The summed E-state index contributed by atoms with van der Waals surface area (Å²) in [5.41, 5.74) is 0.893. The number of aromatic nitrogens is 2. The molecule has 1 saturated heterocycles. The highest BCUT2D eigenvalue weighted by Crippen LogP contribution is 2.15. The van der Waals surface area contributed by atoms with Crippen LogP contribution in [0.3, 0.4) is 0 Å². The van der Waals surface area contributed by atoms with E-state index < -0.39 is 17.2 Å². The molecule has 0 saturated carbocycles. The van der Waals surface area contributed by atoms with Gasteiger partial charge in [0.1, 0.15) is 5.75 Å². The molecule has 0 bridgehead atoms. The van der Waals surface area contributed by atoms with Crippen molar-refractivity contribution in [1.29, 1.82) is 0 Å². The van der Waals surface area contributed by atoms with Gasteiger partial charge in [0.15, 0.2) is 0 Å². The molecule has 3 aromatic rings. The zero-order chi connectivity index (χ0) is 24.8. The first kappa shape index (κ1) is 24.7. The first-order valence-electron chi connectivity index (χ1n) is 12.3. The lowest BCUT2D eigenvalue weighted by atomic mass is 10.1. The lowest BCUT2D eigenvalue weighted by molar-refractivity contribution is 0.0948. The highest BCUT2D eigenvalue weighted by molar-refractivity contribution is 5.95. The Morgan fingerprint density at radius 2 is 1.60 bits per heavy atom. The van der Waals surface area contributed by atoms with E-state index in [2.05, 4.69) is 4.90 Å². The van der Waals surface area contributed by atoms with Crippen LogP contribution in [-0.2, 0) is 6.54 Å². The number of hydrogen-bond acceptors (Lipinski definition) is 5. The molecule has 7 heteroatoms. The fourth-order valence-corrected chi connectivity index (χ4v) is 4.49. The predicted octanol–water partition coefficient (Wildman–Crippen LogP) is 3.62. The number of carbonyl (C=O) groups is 1. The molecule has 0 aliphatic carbocycles. The van der Waals surface area contributed by atoms with Gasteiger partial charge in [-0.15, -0.1) is 0 Å². The summed E-state index contributed by atoms with van der Waals surface area (Å²) in [7, 11) is 0. The van der Waals surface area contributed by atoms with Crippen molar-refractivity contribution in [2.24, 2.45) is 0 Å². The summed E-state index contributed by atoms with van der Waals surface area (Å²) in [6.45, 7) is 7.74. The molecule has 4 rings (SSSR count). The predicted molar refractivity (Wildman–Crippen MR) is 137 cm³/mol. The summed E-state index contributed by atoms with van der Waals surface area (Å²) >= 11 is 0. The van der Waals surface area contributed by atoms with Crippen LogP contribution in [0.15, 0.2) is 64.2 Å². The van der Waals surface area contributed by atoms with E-state index in [0.29, 0.717) is 23.4 Å². The van der Waals surface area contributed by atoms with Crippen molar-refractivity contribution in [3.05, 3.63) is 97.8 Å². The Morgan fingerprint density at radius 1 is 0.914 bits per heavy atom. The second kappa shape index (κ2) is 11.3. The fraction of sp³-hybridized carbons (Fsp3) is 0.393. The maximum Gasteiger partial charge on any atom is 0.338 e. The minimum atomic E-state index is -0.634. The SMILES string of the molecule is Cc1c(C)n(Cc2ccc(OCCCN3CCCCC3)cc2)c(=O)n(C(=O)c2ccccc2)c1=O. The zero-order valence-electron chi connectivity index (χ0n) is 20.5. The first-order valence-corrected chi connectivity index (χ1v) is 12.3. The van der Waals surface area contributed by atoms with E-state index >= 15 is 0 Å². The Kier molecular flexibility index (Phi) is 7.98. The van der Waals surface area contributed by atoms with Crippen LogP contribution in [0.4, 0.5) is 0 Å². The molecule has 1 aromatic heterocycles. The van der Waals surface area contributed by atoms with E-state index in [1.54, 1.807) is 44.2 Å². The van der Waals surface area contributed by atoms with Crippen molar-refractivity contribution in [2.75, 3.05) is 26.2 Å². The smallest absolute Gasteiger partial charge is 0.338 e. The van der Waals surface area contributed by atoms with Crippen LogP contribution in [0.1, 0.15) is 52.9 Å². The van der Waals surface area contributed by atoms with Crippen LogP contribution >= 0.6 is 0 Å². The molecule has 1 aliphatic rings. The molecule has 184 valence electrons. The van der Waals surface area contributed by atoms with Crippen molar-refractivity contribution in [3.63, 3.8) is 0 Å². The van der Waals surface area contributed by atoms with Crippen molar-refractivity contribution in [2.45, 2.75) is 46.1 Å². The highest BCUT2D eigenvalue weighted by atomic mass is 16.5. The molecule has 35 heavy (non-hydrogen) atoms.